The Morgan fingerprint density at radius 1 is 1.58 bits per heavy atom. The molecule has 4 nitrogen and oxygen atoms in total. The molecule has 1 atom stereocenters. The first-order valence-corrected chi connectivity index (χ1v) is 7.12. The van der Waals surface area contributed by atoms with Crippen LogP contribution in [0.2, 0.25) is 0 Å². The van der Waals surface area contributed by atoms with Gasteiger partial charge in [0.2, 0.25) is 0 Å². The molecule has 0 amide bonds. The summed E-state index contributed by atoms with van der Waals surface area (Å²) in [7, 11) is 2.09. The van der Waals surface area contributed by atoms with Gasteiger partial charge in [-0.1, -0.05) is 11.3 Å². The molecule has 0 aliphatic carbocycles. The predicted octanol–water partition coefficient (Wildman–Crippen LogP) is 2.18. The third-order valence-corrected chi connectivity index (χ3v) is 4.17. The maximum atomic E-state index is 13.1. The highest BCUT2D eigenvalue weighted by atomic mass is 32.1. The maximum absolute atomic E-state index is 13.1. The zero-order valence-electron chi connectivity index (χ0n) is 10.7. The van der Waals surface area contributed by atoms with E-state index in [1.807, 2.05) is 0 Å². The fraction of sp³-hybridized carbons (Fsp3) is 0.462. The van der Waals surface area contributed by atoms with Gasteiger partial charge in [0.15, 0.2) is 5.13 Å². The summed E-state index contributed by atoms with van der Waals surface area (Å²) in [5.74, 6) is -0.249. The fourth-order valence-electron chi connectivity index (χ4n) is 2.17. The van der Waals surface area contributed by atoms with Gasteiger partial charge in [-0.15, -0.1) is 0 Å². The summed E-state index contributed by atoms with van der Waals surface area (Å²) in [5, 5.41) is 4.09. The van der Waals surface area contributed by atoms with Crippen molar-refractivity contribution in [2.24, 2.45) is 0 Å². The van der Waals surface area contributed by atoms with Crippen LogP contribution in [0.5, 0.6) is 0 Å². The Morgan fingerprint density at radius 2 is 2.47 bits per heavy atom. The van der Waals surface area contributed by atoms with E-state index in [1.54, 1.807) is 6.07 Å². The van der Waals surface area contributed by atoms with Crippen LogP contribution in [0.3, 0.4) is 0 Å². The molecule has 1 aliphatic heterocycles. The molecule has 19 heavy (non-hydrogen) atoms. The summed E-state index contributed by atoms with van der Waals surface area (Å²) >= 11 is 1.54. The maximum Gasteiger partial charge on any atom is 0.183 e. The Balaban J connectivity index is 1.65. The minimum atomic E-state index is -0.249. The number of rotatable bonds is 3. The molecule has 2 aromatic rings. The molecule has 0 radical (unpaired) electrons. The minimum Gasteiger partial charge on any atom is -0.374 e. The van der Waals surface area contributed by atoms with Crippen LogP contribution < -0.4 is 5.32 Å². The third-order valence-electron chi connectivity index (χ3n) is 3.17. The first-order valence-electron chi connectivity index (χ1n) is 6.31. The number of nitrogens with zero attached hydrogens (tertiary/aromatic N) is 2. The van der Waals surface area contributed by atoms with E-state index in [0.29, 0.717) is 5.52 Å². The van der Waals surface area contributed by atoms with Gasteiger partial charge in [0.1, 0.15) is 5.82 Å². The second kappa shape index (κ2) is 5.40. The summed E-state index contributed by atoms with van der Waals surface area (Å²) < 4.78 is 19.8. The minimum absolute atomic E-state index is 0.183. The Labute approximate surface area is 115 Å². The quantitative estimate of drug-likeness (QED) is 0.935. The van der Waals surface area contributed by atoms with Crippen molar-refractivity contribution in [3.63, 3.8) is 0 Å². The lowest BCUT2D eigenvalue weighted by molar-refractivity contribution is -0.0117. The highest BCUT2D eigenvalue weighted by molar-refractivity contribution is 7.22. The van der Waals surface area contributed by atoms with Crippen molar-refractivity contribution in [3.05, 3.63) is 24.0 Å². The van der Waals surface area contributed by atoms with E-state index in [4.69, 9.17) is 4.74 Å². The topological polar surface area (TPSA) is 37.4 Å². The average Bonchev–Trinajstić information content (AvgIpc) is 2.78. The van der Waals surface area contributed by atoms with Crippen LogP contribution in [0.1, 0.15) is 0 Å². The van der Waals surface area contributed by atoms with Gasteiger partial charge in [-0.2, -0.15) is 0 Å². The fourth-order valence-corrected chi connectivity index (χ4v) is 3.02. The smallest absolute Gasteiger partial charge is 0.183 e. The second-order valence-electron chi connectivity index (χ2n) is 4.77. The molecule has 2 heterocycles. The summed E-state index contributed by atoms with van der Waals surface area (Å²) in [6.07, 6.45) is 0.183. The van der Waals surface area contributed by atoms with Crippen LogP contribution >= 0.6 is 11.3 Å². The molecule has 6 heteroatoms. The van der Waals surface area contributed by atoms with Gasteiger partial charge >= 0.3 is 0 Å². The van der Waals surface area contributed by atoms with Crippen LogP contribution in [0, 0.1) is 5.82 Å². The van der Waals surface area contributed by atoms with Crippen molar-refractivity contribution in [1.82, 2.24) is 9.88 Å². The zero-order chi connectivity index (χ0) is 13.2. The molecule has 1 N–H and O–H groups in total. The molecule has 0 bridgehead atoms. The van der Waals surface area contributed by atoms with Gasteiger partial charge in [0, 0.05) is 25.7 Å². The number of halogens is 1. The molecule has 102 valence electrons. The predicted molar refractivity (Wildman–Crippen MR) is 75.3 cm³/mol. The van der Waals surface area contributed by atoms with Gasteiger partial charge in [0.05, 0.1) is 22.9 Å². The van der Waals surface area contributed by atoms with E-state index in [2.05, 4.69) is 22.2 Å². The summed E-state index contributed by atoms with van der Waals surface area (Å²) in [5.41, 5.74) is 0.703. The number of hydrogen-bond acceptors (Lipinski definition) is 5. The number of aromatic nitrogens is 1. The molecular weight excluding hydrogens is 265 g/mol. The number of thiazole rings is 1. The van der Waals surface area contributed by atoms with Gasteiger partial charge in [-0.25, -0.2) is 9.37 Å². The summed E-state index contributed by atoms with van der Waals surface area (Å²) in [6, 6.07) is 4.68. The SMILES string of the molecule is CN1CCOC(CNc2nc3cc(F)ccc3s2)C1. The molecule has 0 saturated carbocycles. The second-order valence-corrected chi connectivity index (χ2v) is 5.80. The molecule has 1 aromatic heterocycles. The van der Waals surface area contributed by atoms with E-state index in [1.165, 1.54) is 23.5 Å². The molecule has 1 saturated heterocycles. The van der Waals surface area contributed by atoms with Crippen molar-refractivity contribution in [2.75, 3.05) is 38.6 Å². The van der Waals surface area contributed by atoms with Crippen molar-refractivity contribution in [2.45, 2.75) is 6.10 Å². The molecule has 3 rings (SSSR count). The molecule has 1 fully saturated rings. The number of benzene rings is 1. The Kier molecular flexibility index (Phi) is 3.63. The summed E-state index contributed by atoms with van der Waals surface area (Å²) in [4.78, 5) is 6.63. The third kappa shape index (κ3) is 3.02. The molecular formula is C13H16FN3OS. The van der Waals surface area contributed by atoms with Gasteiger partial charge in [0.25, 0.3) is 0 Å². The Bertz CT molecular complexity index is 574. The number of likely N-dealkylation sites (N-methyl/N-ethyl adjacent to an activating group) is 1. The molecule has 1 unspecified atom stereocenters. The molecule has 1 aliphatic rings. The van der Waals surface area contributed by atoms with Gasteiger partial charge in [-0.3, -0.25) is 0 Å². The van der Waals surface area contributed by atoms with Crippen LogP contribution in [-0.4, -0.2) is 49.3 Å². The normalized spacial score (nSPS) is 20.8. The number of morpholine rings is 1. The van der Waals surface area contributed by atoms with E-state index in [9.17, 15) is 4.39 Å². The lowest BCUT2D eigenvalue weighted by Crippen LogP contribution is -2.43. The monoisotopic (exact) mass is 281 g/mol. The highest BCUT2D eigenvalue weighted by Gasteiger charge is 2.17. The average molecular weight is 281 g/mol. The van der Waals surface area contributed by atoms with Crippen molar-refractivity contribution >= 4 is 26.7 Å². The number of nitrogens with one attached hydrogen (secondary N) is 1. The van der Waals surface area contributed by atoms with E-state index in [0.717, 1.165) is 36.1 Å². The van der Waals surface area contributed by atoms with Gasteiger partial charge in [-0.05, 0) is 19.2 Å². The van der Waals surface area contributed by atoms with E-state index >= 15 is 0 Å². The number of hydrogen-bond donors (Lipinski definition) is 1. The van der Waals surface area contributed by atoms with Crippen LogP contribution in [0.4, 0.5) is 9.52 Å². The van der Waals surface area contributed by atoms with Crippen molar-refractivity contribution < 1.29 is 9.13 Å². The largest absolute Gasteiger partial charge is 0.374 e. The Morgan fingerprint density at radius 3 is 3.32 bits per heavy atom. The zero-order valence-corrected chi connectivity index (χ0v) is 11.5. The van der Waals surface area contributed by atoms with Crippen LogP contribution in [0.15, 0.2) is 18.2 Å². The molecule has 1 aromatic carbocycles. The van der Waals surface area contributed by atoms with Crippen LogP contribution in [-0.2, 0) is 4.74 Å². The first kappa shape index (κ1) is 12.8. The van der Waals surface area contributed by atoms with E-state index in [-0.39, 0.29) is 11.9 Å². The number of anilines is 1. The van der Waals surface area contributed by atoms with E-state index < -0.39 is 0 Å². The number of fused-ring (bicyclic) bond motifs is 1. The standard InChI is InChI=1S/C13H16FN3OS/c1-17-4-5-18-10(8-17)7-15-13-16-11-6-9(14)2-3-12(11)19-13/h2-3,6,10H,4-5,7-8H2,1H3,(H,15,16). The lowest BCUT2D eigenvalue weighted by Gasteiger charge is -2.29. The lowest BCUT2D eigenvalue weighted by atomic mass is 10.3. The Hall–Kier alpha value is -1.24. The van der Waals surface area contributed by atoms with Crippen molar-refractivity contribution in [3.8, 4) is 0 Å². The first-order chi connectivity index (χ1) is 9.20. The molecule has 0 spiro atoms. The van der Waals surface area contributed by atoms with Crippen LogP contribution in [0.25, 0.3) is 10.2 Å². The van der Waals surface area contributed by atoms with Crippen molar-refractivity contribution in [1.29, 1.82) is 0 Å². The van der Waals surface area contributed by atoms with Gasteiger partial charge < -0.3 is 15.0 Å². The highest BCUT2D eigenvalue weighted by Crippen LogP contribution is 2.26. The summed E-state index contributed by atoms with van der Waals surface area (Å²) in [6.45, 7) is 3.41. The number of ether oxygens (including phenoxy) is 1.